The van der Waals surface area contributed by atoms with E-state index in [1.54, 1.807) is 33.5 Å². The maximum absolute atomic E-state index is 13.1. The second-order valence-electron chi connectivity index (χ2n) is 7.65. The average Bonchev–Trinajstić information content (AvgIpc) is 3.14. The summed E-state index contributed by atoms with van der Waals surface area (Å²) in [6, 6.07) is 9.92. The predicted octanol–water partition coefficient (Wildman–Crippen LogP) is 4.67. The normalized spacial score (nSPS) is 15.5. The number of benzene rings is 2. The van der Waals surface area contributed by atoms with Crippen LogP contribution in [-0.4, -0.2) is 32.3 Å². The SMILES string of the molecule is COc1cc(COC(=O)C2CCCc3[nH]c4ccc(C)cc4c32)cc(OC)c1OC. The third-order valence-electron chi connectivity index (χ3n) is 5.73. The first-order valence-corrected chi connectivity index (χ1v) is 10.1. The second kappa shape index (κ2) is 8.30. The zero-order valence-corrected chi connectivity index (χ0v) is 17.8. The highest BCUT2D eigenvalue weighted by atomic mass is 16.5. The Morgan fingerprint density at radius 2 is 1.80 bits per heavy atom. The summed E-state index contributed by atoms with van der Waals surface area (Å²) in [6.45, 7) is 2.21. The Morgan fingerprint density at radius 1 is 1.07 bits per heavy atom. The lowest BCUT2D eigenvalue weighted by atomic mass is 9.85. The molecular formula is C24H27NO5. The molecule has 0 spiro atoms. The number of fused-ring (bicyclic) bond motifs is 3. The van der Waals surface area contributed by atoms with E-state index in [0.29, 0.717) is 17.2 Å². The number of aromatic nitrogens is 1. The lowest BCUT2D eigenvalue weighted by Gasteiger charge is -2.22. The fourth-order valence-corrected chi connectivity index (χ4v) is 4.31. The zero-order chi connectivity index (χ0) is 21.3. The van der Waals surface area contributed by atoms with E-state index >= 15 is 0 Å². The Morgan fingerprint density at radius 3 is 2.47 bits per heavy atom. The van der Waals surface area contributed by atoms with Crippen LogP contribution in [0.25, 0.3) is 10.9 Å². The maximum atomic E-state index is 13.1. The number of nitrogens with one attached hydrogen (secondary N) is 1. The number of methoxy groups -OCH3 is 3. The van der Waals surface area contributed by atoms with Crippen molar-refractivity contribution in [2.24, 2.45) is 0 Å². The lowest BCUT2D eigenvalue weighted by molar-refractivity contribution is -0.147. The molecule has 0 aliphatic heterocycles. The van der Waals surface area contributed by atoms with Crippen LogP contribution in [0, 0.1) is 6.92 Å². The molecule has 1 aliphatic carbocycles. The number of aromatic amines is 1. The predicted molar refractivity (Wildman–Crippen MR) is 115 cm³/mol. The van der Waals surface area contributed by atoms with Crippen molar-refractivity contribution >= 4 is 16.9 Å². The molecule has 0 bridgehead atoms. The van der Waals surface area contributed by atoms with E-state index in [4.69, 9.17) is 18.9 Å². The van der Waals surface area contributed by atoms with Crippen LogP contribution >= 0.6 is 0 Å². The Labute approximate surface area is 176 Å². The van der Waals surface area contributed by atoms with E-state index in [2.05, 4.69) is 30.1 Å². The highest BCUT2D eigenvalue weighted by Gasteiger charge is 2.31. The van der Waals surface area contributed by atoms with Crippen LogP contribution in [0.4, 0.5) is 0 Å². The first-order valence-electron chi connectivity index (χ1n) is 10.1. The number of hydrogen-bond donors (Lipinski definition) is 1. The molecular weight excluding hydrogens is 382 g/mol. The van der Waals surface area contributed by atoms with Crippen LogP contribution in [0.2, 0.25) is 0 Å². The summed E-state index contributed by atoms with van der Waals surface area (Å²) < 4.78 is 21.9. The van der Waals surface area contributed by atoms with Crippen molar-refractivity contribution in [1.29, 1.82) is 0 Å². The molecule has 6 nitrogen and oxygen atoms in total. The molecule has 3 aromatic rings. The summed E-state index contributed by atoms with van der Waals surface area (Å²) in [4.78, 5) is 16.6. The van der Waals surface area contributed by atoms with Crippen molar-refractivity contribution < 1.29 is 23.7 Å². The van der Waals surface area contributed by atoms with Gasteiger partial charge in [0.25, 0.3) is 0 Å². The van der Waals surface area contributed by atoms with Gasteiger partial charge in [0.05, 0.1) is 27.2 Å². The first kappa shape index (κ1) is 20.1. The summed E-state index contributed by atoms with van der Waals surface area (Å²) in [6.07, 6.45) is 2.71. The quantitative estimate of drug-likeness (QED) is 0.600. The largest absolute Gasteiger partial charge is 0.493 e. The van der Waals surface area contributed by atoms with Crippen LogP contribution < -0.4 is 14.2 Å². The summed E-state index contributed by atoms with van der Waals surface area (Å²) in [5.41, 5.74) is 5.28. The molecule has 0 saturated heterocycles. The molecule has 1 N–H and O–H groups in total. The topological polar surface area (TPSA) is 69.8 Å². The molecule has 0 fully saturated rings. The van der Waals surface area contributed by atoms with Gasteiger partial charge >= 0.3 is 5.97 Å². The number of hydrogen-bond acceptors (Lipinski definition) is 5. The number of carbonyl (C=O) groups excluding carboxylic acids is 1. The molecule has 0 amide bonds. The lowest BCUT2D eigenvalue weighted by Crippen LogP contribution is -2.20. The van der Waals surface area contributed by atoms with Gasteiger partial charge in [-0.15, -0.1) is 0 Å². The van der Waals surface area contributed by atoms with Crippen molar-refractivity contribution in [3.63, 3.8) is 0 Å². The van der Waals surface area contributed by atoms with Gasteiger partial charge in [-0.05, 0) is 61.6 Å². The first-order chi connectivity index (χ1) is 14.5. The van der Waals surface area contributed by atoms with Crippen molar-refractivity contribution in [1.82, 2.24) is 4.98 Å². The third-order valence-corrected chi connectivity index (χ3v) is 5.73. The van der Waals surface area contributed by atoms with E-state index in [1.807, 2.05) is 0 Å². The van der Waals surface area contributed by atoms with E-state index in [-0.39, 0.29) is 18.5 Å². The Bertz CT molecular complexity index is 1060. The minimum atomic E-state index is -0.258. The maximum Gasteiger partial charge on any atom is 0.313 e. The molecule has 1 aromatic heterocycles. The highest BCUT2D eigenvalue weighted by molar-refractivity contribution is 5.92. The molecule has 6 heteroatoms. The molecule has 2 aromatic carbocycles. The molecule has 1 heterocycles. The number of H-pyrrole nitrogens is 1. The van der Waals surface area contributed by atoms with Crippen molar-refractivity contribution in [2.75, 3.05) is 21.3 Å². The fourth-order valence-electron chi connectivity index (χ4n) is 4.31. The number of aryl methyl sites for hydroxylation is 2. The Kier molecular flexibility index (Phi) is 5.57. The molecule has 1 unspecified atom stereocenters. The van der Waals surface area contributed by atoms with Gasteiger partial charge in [0.1, 0.15) is 6.61 Å². The smallest absolute Gasteiger partial charge is 0.313 e. The van der Waals surface area contributed by atoms with Crippen LogP contribution in [0.1, 0.15) is 41.1 Å². The van der Waals surface area contributed by atoms with Crippen molar-refractivity contribution in [3.05, 3.63) is 52.7 Å². The van der Waals surface area contributed by atoms with Crippen LogP contribution in [-0.2, 0) is 22.6 Å². The monoisotopic (exact) mass is 409 g/mol. The number of esters is 1. The van der Waals surface area contributed by atoms with Crippen LogP contribution in [0.3, 0.4) is 0 Å². The average molecular weight is 409 g/mol. The minimum Gasteiger partial charge on any atom is -0.493 e. The number of rotatable bonds is 6. The van der Waals surface area contributed by atoms with Gasteiger partial charge in [-0.3, -0.25) is 4.79 Å². The highest BCUT2D eigenvalue weighted by Crippen LogP contribution is 2.40. The molecule has 1 atom stereocenters. The van der Waals surface area contributed by atoms with Crippen molar-refractivity contribution in [2.45, 2.75) is 38.7 Å². The van der Waals surface area contributed by atoms with Crippen LogP contribution in [0.5, 0.6) is 17.2 Å². The van der Waals surface area contributed by atoms with Gasteiger partial charge in [0.15, 0.2) is 11.5 Å². The molecule has 0 radical (unpaired) electrons. The fraction of sp³-hybridized carbons (Fsp3) is 0.375. The van der Waals surface area contributed by atoms with Gasteiger partial charge in [0.2, 0.25) is 5.75 Å². The molecule has 1 aliphatic rings. The standard InChI is InChI=1S/C24H27NO5/c1-14-8-9-18-17(10-14)22-16(6-5-7-19(22)25-18)24(26)30-13-15-11-20(27-2)23(29-4)21(12-15)28-3/h8-12,16,25H,5-7,13H2,1-4H3. The Hall–Kier alpha value is -3.15. The molecule has 158 valence electrons. The van der Waals surface area contributed by atoms with E-state index in [1.165, 1.54) is 5.56 Å². The third kappa shape index (κ3) is 3.58. The molecule has 4 rings (SSSR count). The summed E-state index contributed by atoms with van der Waals surface area (Å²) >= 11 is 0. The Balaban J connectivity index is 1.58. The molecule has 30 heavy (non-hydrogen) atoms. The summed E-state index contributed by atoms with van der Waals surface area (Å²) in [5, 5.41) is 1.12. The van der Waals surface area contributed by atoms with Gasteiger partial charge in [0, 0.05) is 16.6 Å². The summed E-state index contributed by atoms with van der Waals surface area (Å²) in [7, 11) is 4.69. The number of ether oxygens (including phenoxy) is 4. The zero-order valence-electron chi connectivity index (χ0n) is 17.8. The van der Waals surface area contributed by atoms with E-state index in [9.17, 15) is 4.79 Å². The number of carbonyl (C=O) groups is 1. The van der Waals surface area contributed by atoms with Crippen LogP contribution in [0.15, 0.2) is 30.3 Å². The van der Waals surface area contributed by atoms with Gasteiger partial charge in [-0.25, -0.2) is 0 Å². The van der Waals surface area contributed by atoms with E-state index < -0.39 is 0 Å². The second-order valence-corrected chi connectivity index (χ2v) is 7.65. The summed E-state index contributed by atoms with van der Waals surface area (Å²) in [5.74, 6) is 1.13. The van der Waals surface area contributed by atoms with Gasteiger partial charge in [-0.2, -0.15) is 0 Å². The molecule has 0 saturated carbocycles. The van der Waals surface area contributed by atoms with Gasteiger partial charge in [-0.1, -0.05) is 11.6 Å². The van der Waals surface area contributed by atoms with E-state index in [0.717, 1.165) is 47.0 Å². The van der Waals surface area contributed by atoms with Crippen molar-refractivity contribution in [3.8, 4) is 17.2 Å². The minimum absolute atomic E-state index is 0.142. The van der Waals surface area contributed by atoms with Gasteiger partial charge < -0.3 is 23.9 Å².